The van der Waals surface area contributed by atoms with Crippen molar-refractivity contribution in [2.75, 3.05) is 13.7 Å². The minimum Gasteiger partial charge on any atom is -0.467 e. The molecule has 1 saturated heterocycles. The summed E-state index contributed by atoms with van der Waals surface area (Å²) >= 11 is 3.51. The fourth-order valence-electron chi connectivity index (χ4n) is 3.97. The number of fused-ring (bicyclic) bond motifs is 1. The fraction of sp³-hybridized carbons (Fsp3) is 0.348. The number of benzene rings is 2. The van der Waals surface area contributed by atoms with Gasteiger partial charge in [0.05, 0.1) is 20.2 Å². The summed E-state index contributed by atoms with van der Waals surface area (Å²) in [7, 11) is 1.26. The molecule has 0 aliphatic carbocycles. The van der Waals surface area contributed by atoms with Gasteiger partial charge in [0.15, 0.2) is 0 Å². The molecule has 9 heteroatoms. The smallest absolute Gasteiger partial charge is 0.410 e. The van der Waals surface area contributed by atoms with Crippen LogP contribution in [0.25, 0.3) is 0 Å². The molecular weight excluding hydrogens is 480 g/mol. The zero-order valence-electron chi connectivity index (χ0n) is 17.5. The molecule has 2 unspecified atom stereocenters. The molecule has 8 nitrogen and oxygen atoms in total. The third kappa shape index (κ3) is 4.72. The van der Waals surface area contributed by atoms with Crippen molar-refractivity contribution in [2.24, 2.45) is 0 Å². The van der Waals surface area contributed by atoms with E-state index in [1.165, 1.54) is 12.0 Å². The number of rotatable bonds is 4. The molecule has 0 saturated carbocycles. The van der Waals surface area contributed by atoms with Gasteiger partial charge in [-0.05, 0) is 22.8 Å². The summed E-state index contributed by atoms with van der Waals surface area (Å²) in [6.07, 6.45) is -1.62. The number of amides is 2. The van der Waals surface area contributed by atoms with Gasteiger partial charge >= 0.3 is 18.2 Å². The van der Waals surface area contributed by atoms with Crippen molar-refractivity contribution in [1.82, 2.24) is 9.80 Å². The maximum atomic E-state index is 12.8. The second-order valence-electron chi connectivity index (χ2n) is 7.71. The average molecular weight is 503 g/mol. The minimum absolute atomic E-state index is 0.0591. The van der Waals surface area contributed by atoms with Crippen molar-refractivity contribution < 1.29 is 28.6 Å². The van der Waals surface area contributed by atoms with Crippen molar-refractivity contribution in [3.05, 3.63) is 69.7 Å². The third-order valence-corrected chi connectivity index (χ3v) is 6.37. The fourth-order valence-corrected chi connectivity index (χ4v) is 4.51. The number of methoxy groups -OCH3 is 1. The van der Waals surface area contributed by atoms with E-state index < -0.39 is 30.3 Å². The van der Waals surface area contributed by atoms with Crippen LogP contribution in [0.1, 0.15) is 23.1 Å². The second-order valence-corrected chi connectivity index (χ2v) is 8.56. The Balaban J connectivity index is 1.37. The summed E-state index contributed by atoms with van der Waals surface area (Å²) < 4.78 is 16.8. The molecule has 2 aliphatic rings. The van der Waals surface area contributed by atoms with E-state index in [-0.39, 0.29) is 19.6 Å². The zero-order chi connectivity index (χ0) is 22.7. The SMILES string of the molecule is COC(=O)C1CC(OC(=O)N2Cc3cccc(Br)c3C2)CN1C(=O)OCc1ccccc1. The van der Waals surface area contributed by atoms with Gasteiger partial charge in [-0.15, -0.1) is 0 Å². The van der Waals surface area contributed by atoms with Crippen LogP contribution in [0.15, 0.2) is 53.0 Å². The molecule has 2 aromatic rings. The first-order chi connectivity index (χ1) is 15.5. The molecule has 0 bridgehead atoms. The van der Waals surface area contributed by atoms with Gasteiger partial charge in [-0.2, -0.15) is 0 Å². The lowest BCUT2D eigenvalue weighted by atomic mass is 10.1. The van der Waals surface area contributed by atoms with Gasteiger partial charge in [-0.25, -0.2) is 14.4 Å². The molecule has 2 aliphatic heterocycles. The Morgan fingerprint density at radius 1 is 1.03 bits per heavy atom. The highest BCUT2D eigenvalue weighted by molar-refractivity contribution is 9.10. The minimum atomic E-state index is -0.869. The first-order valence-corrected chi connectivity index (χ1v) is 11.0. The normalized spacial score (nSPS) is 19.4. The van der Waals surface area contributed by atoms with Gasteiger partial charge in [0.2, 0.25) is 0 Å². The second kappa shape index (κ2) is 9.60. The van der Waals surface area contributed by atoms with Crippen LogP contribution in [0.2, 0.25) is 0 Å². The lowest BCUT2D eigenvalue weighted by Crippen LogP contribution is -2.41. The van der Waals surface area contributed by atoms with Crippen LogP contribution in [-0.4, -0.2) is 53.8 Å². The summed E-state index contributed by atoms with van der Waals surface area (Å²) in [5.74, 6) is -0.572. The van der Waals surface area contributed by atoms with E-state index >= 15 is 0 Å². The number of halogens is 1. The molecule has 4 rings (SSSR count). The average Bonchev–Trinajstić information content (AvgIpc) is 3.43. The van der Waals surface area contributed by atoms with E-state index in [0.29, 0.717) is 13.1 Å². The van der Waals surface area contributed by atoms with Crippen LogP contribution in [-0.2, 0) is 38.7 Å². The Morgan fingerprint density at radius 2 is 1.81 bits per heavy atom. The predicted molar refractivity (Wildman–Crippen MR) is 117 cm³/mol. The van der Waals surface area contributed by atoms with Crippen LogP contribution in [0.3, 0.4) is 0 Å². The standard InChI is InChI=1S/C23H23BrN2O6/c1-30-21(27)20-10-17(12-26(20)23(29)31-14-15-6-3-2-4-7-15)32-22(28)25-11-16-8-5-9-19(24)18(16)13-25/h2-9,17,20H,10-14H2,1H3. The molecule has 1 fully saturated rings. The number of likely N-dealkylation sites (tertiary alicyclic amines) is 1. The summed E-state index contributed by atoms with van der Waals surface area (Å²) in [6.45, 7) is 1.02. The van der Waals surface area contributed by atoms with Crippen LogP contribution in [0.5, 0.6) is 0 Å². The Labute approximate surface area is 194 Å². The van der Waals surface area contributed by atoms with E-state index in [9.17, 15) is 14.4 Å². The molecule has 0 spiro atoms. The van der Waals surface area contributed by atoms with E-state index in [1.807, 2.05) is 48.5 Å². The van der Waals surface area contributed by atoms with Crippen LogP contribution >= 0.6 is 15.9 Å². The highest BCUT2D eigenvalue weighted by atomic mass is 79.9. The third-order valence-electron chi connectivity index (χ3n) is 5.63. The van der Waals surface area contributed by atoms with Crippen LogP contribution in [0.4, 0.5) is 9.59 Å². The number of carbonyl (C=O) groups excluding carboxylic acids is 3. The van der Waals surface area contributed by atoms with Gasteiger partial charge in [-0.1, -0.05) is 58.4 Å². The molecule has 0 radical (unpaired) electrons. The molecule has 0 aromatic heterocycles. The van der Waals surface area contributed by atoms with E-state index in [4.69, 9.17) is 14.2 Å². The van der Waals surface area contributed by atoms with Gasteiger partial charge in [0.25, 0.3) is 0 Å². The quantitative estimate of drug-likeness (QED) is 0.466. The van der Waals surface area contributed by atoms with Gasteiger partial charge in [0.1, 0.15) is 18.8 Å². The monoisotopic (exact) mass is 502 g/mol. The summed E-state index contributed by atoms with van der Waals surface area (Å²) in [5, 5.41) is 0. The lowest BCUT2D eigenvalue weighted by molar-refractivity contribution is -0.145. The number of ether oxygens (including phenoxy) is 3. The van der Waals surface area contributed by atoms with Gasteiger partial charge in [-0.3, -0.25) is 9.80 Å². The van der Waals surface area contributed by atoms with Crippen molar-refractivity contribution in [3.63, 3.8) is 0 Å². The van der Waals surface area contributed by atoms with Crippen LogP contribution in [0, 0.1) is 0 Å². The Kier molecular flexibility index (Phi) is 6.64. The lowest BCUT2D eigenvalue weighted by Gasteiger charge is -2.22. The summed E-state index contributed by atoms with van der Waals surface area (Å²) in [6, 6.07) is 14.2. The largest absolute Gasteiger partial charge is 0.467 e. The molecule has 2 atom stereocenters. The maximum absolute atomic E-state index is 12.8. The van der Waals surface area contributed by atoms with Crippen molar-refractivity contribution in [2.45, 2.75) is 38.3 Å². The molecule has 2 aromatic carbocycles. The van der Waals surface area contributed by atoms with Crippen molar-refractivity contribution in [3.8, 4) is 0 Å². The first kappa shape index (κ1) is 22.1. The van der Waals surface area contributed by atoms with Gasteiger partial charge < -0.3 is 14.2 Å². The zero-order valence-corrected chi connectivity index (χ0v) is 19.1. The van der Waals surface area contributed by atoms with Crippen molar-refractivity contribution in [1.29, 1.82) is 0 Å². The summed E-state index contributed by atoms with van der Waals surface area (Å²) in [5.41, 5.74) is 2.94. The molecule has 0 N–H and O–H groups in total. The number of nitrogens with zero attached hydrogens (tertiary/aromatic N) is 2. The number of carbonyl (C=O) groups is 3. The maximum Gasteiger partial charge on any atom is 0.410 e. The number of hydrogen-bond acceptors (Lipinski definition) is 6. The van der Waals surface area contributed by atoms with E-state index in [0.717, 1.165) is 21.2 Å². The Bertz CT molecular complexity index is 1010. The molecule has 168 valence electrons. The molecule has 2 amide bonds. The van der Waals surface area contributed by atoms with E-state index in [1.54, 1.807) is 4.90 Å². The molecule has 2 heterocycles. The van der Waals surface area contributed by atoms with E-state index in [2.05, 4.69) is 15.9 Å². The first-order valence-electron chi connectivity index (χ1n) is 10.2. The molecule has 32 heavy (non-hydrogen) atoms. The van der Waals surface area contributed by atoms with Crippen molar-refractivity contribution >= 4 is 34.1 Å². The topological polar surface area (TPSA) is 85.4 Å². The van der Waals surface area contributed by atoms with Crippen LogP contribution < -0.4 is 0 Å². The summed E-state index contributed by atoms with van der Waals surface area (Å²) in [4.78, 5) is 40.5. The Morgan fingerprint density at radius 3 is 2.53 bits per heavy atom. The predicted octanol–water partition coefficient (Wildman–Crippen LogP) is 3.85. The number of esters is 1. The molecular formula is C23H23BrN2O6. The highest BCUT2D eigenvalue weighted by Crippen LogP contribution is 2.31. The van der Waals surface area contributed by atoms with Gasteiger partial charge in [0, 0.05) is 17.4 Å². The number of hydrogen-bond donors (Lipinski definition) is 0. The Hall–Kier alpha value is -3.07. The highest BCUT2D eigenvalue weighted by Gasteiger charge is 2.43.